The Bertz CT molecular complexity index is 376. The lowest BCUT2D eigenvalue weighted by atomic mass is 10.0. The third-order valence-electron chi connectivity index (χ3n) is 2.37. The number of rotatable bonds is 2. The average molecular weight is 209 g/mol. The van der Waals surface area contributed by atoms with Crippen molar-refractivity contribution < 1.29 is 5.11 Å². The van der Waals surface area contributed by atoms with E-state index in [0.717, 1.165) is 28.8 Å². The van der Waals surface area contributed by atoms with E-state index in [1.165, 1.54) is 0 Å². The minimum Gasteiger partial charge on any atom is -0.390 e. The maximum Gasteiger partial charge on any atom is 0.185 e. The SMILES string of the molecule is Cc1sc(N2CC(C#N)C2)nc1CO. The first-order chi connectivity index (χ1) is 6.74. The smallest absolute Gasteiger partial charge is 0.185 e. The number of aromatic nitrogens is 1. The molecule has 5 heteroatoms. The van der Waals surface area contributed by atoms with Crippen molar-refractivity contribution >= 4 is 16.5 Å². The third kappa shape index (κ3) is 1.47. The van der Waals surface area contributed by atoms with Crippen LogP contribution in [0.4, 0.5) is 5.13 Å². The lowest BCUT2D eigenvalue weighted by Crippen LogP contribution is -2.45. The fraction of sp³-hybridized carbons (Fsp3) is 0.556. The monoisotopic (exact) mass is 209 g/mol. The van der Waals surface area contributed by atoms with E-state index in [0.29, 0.717) is 0 Å². The Kier molecular flexibility index (Phi) is 2.40. The summed E-state index contributed by atoms with van der Waals surface area (Å²) in [6, 6.07) is 2.22. The second-order valence-electron chi connectivity index (χ2n) is 3.39. The molecule has 4 nitrogen and oxygen atoms in total. The van der Waals surface area contributed by atoms with Gasteiger partial charge in [0.05, 0.1) is 24.3 Å². The highest BCUT2D eigenvalue weighted by molar-refractivity contribution is 7.15. The Balaban J connectivity index is 2.08. The summed E-state index contributed by atoms with van der Waals surface area (Å²) < 4.78 is 0. The first-order valence-electron chi connectivity index (χ1n) is 4.46. The molecule has 74 valence electrons. The molecule has 1 aliphatic heterocycles. The maximum atomic E-state index is 8.98. The normalized spacial score (nSPS) is 16.5. The molecule has 0 saturated carbocycles. The maximum absolute atomic E-state index is 8.98. The Labute approximate surface area is 86.4 Å². The second-order valence-corrected chi connectivity index (χ2v) is 4.57. The zero-order valence-corrected chi connectivity index (χ0v) is 8.71. The van der Waals surface area contributed by atoms with Crippen molar-refractivity contribution in [3.63, 3.8) is 0 Å². The lowest BCUT2D eigenvalue weighted by molar-refractivity contribution is 0.277. The van der Waals surface area contributed by atoms with E-state index in [-0.39, 0.29) is 12.5 Å². The molecule has 1 fully saturated rings. The number of aryl methyl sites for hydroxylation is 1. The summed E-state index contributed by atoms with van der Waals surface area (Å²) in [6.07, 6.45) is 0. The Morgan fingerprint density at radius 3 is 2.93 bits per heavy atom. The second kappa shape index (κ2) is 3.56. The van der Waals surface area contributed by atoms with Gasteiger partial charge in [-0.2, -0.15) is 5.26 Å². The van der Waals surface area contributed by atoms with Gasteiger partial charge in [-0.1, -0.05) is 0 Å². The molecule has 0 unspecified atom stereocenters. The quantitative estimate of drug-likeness (QED) is 0.786. The minimum absolute atomic E-state index is 0.00213. The first kappa shape index (κ1) is 9.44. The molecule has 1 N–H and O–H groups in total. The molecule has 0 atom stereocenters. The minimum atomic E-state index is -0.00213. The van der Waals surface area contributed by atoms with Gasteiger partial charge in [0, 0.05) is 18.0 Å². The molecule has 0 radical (unpaired) electrons. The van der Waals surface area contributed by atoms with E-state index in [9.17, 15) is 0 Å². The molecule has 14 heavy (non-hydrogen) atoms. The summed E-state index contributed by atoms with van der Waals surface area (Å²) in [5, 5.41) is 18.5. The number of aliphatic hydroxyl groups excluding tert-OH is 1. The van der Waals surface area contributed by atoms with E-state index < -0.39 is 0 Å². The zero-order valence-electron chi connectivity index (χ0n) is 7.90. The van der Waals surface area contributed by atoms with Crippen molar-refractivity contribution in [1.82, 2.24) is 4.98 Å². The number of hydrogen-bond acceptors (Lipinski definition) is 5. The summed E-state index contributed by atoms with van der Waals surface area (Å²) in [6.45, 7) is 3.49. The van der Waals surface area contributed by atoms with Gasteiger partial charge in [0.1, 0.15) is 0 Å². The van der Waals surface area contributed by atoms with Crippen LogP contribution in [0.3, 0.4) is 0 Å². The van der Waals surface area contributed by atoms with Crippen LogP contribution in [0.5, 0.6) is 0 Å². The highest BCUT2D eigenvalue weighted by atomic mass is 32.1. The van der Waals surface area contributed by atoms with Crippen LogP contribution in [-0.2, 0) is 6.61 Å². The number of nitriles is 1. The number of hydrogen-bond donors (Lipinski definition) is 1. The molecule has 0 bridgehead atoms. The number of nitrogens with zero attached hydrogens (tertiary/aromatic N) is 3. The highest BCUT2D eigenvalue weighted by Gasteiger charge is 2.28. The summed E-state index contributed by atoms with van der Waals surface area (Å²) in [7, 11) is 0. The predicted molar refractivity (Wildman–Crippen MR) is 54.1 cm³/mol. The van der Waals surface area contributed by atoms with Crippen molar-refractivity contribution in [3.05, 3.63) is 10.6 Å². The van der Waals surface area contributed by atoms with Crippen molar-refractivity contribution in [1.29, 1.82) is 5.26 Å². The zero-order chi connectivity index (χ0) is 10.1. The van der Waals surface area contributed by atoms with Crippen LogP contribution in [-0.4, -0.2) is 23.2 Å². The molecule has 1 saturated heterocycles. The summed E-state index contributed by atoms with van der Waals surface area (Å²) >= 11 is 1.58. The molecule has 1 aromatic heterocycles. The predicted octanol–water partition coefficient (Wildman–Crippen LogP) is 0.904. The fourth-order valence-corrected chi connectivity index (χ4v) is 2.35. The van der Waals surface area contributed by atoms with Gasteiger partial charge in [-0.05, 0) is 6.92 Å². The average Bonchev–Trinajstić information content (AvgIpc) is 2.45. The van der Waals surface area contributed by atoms with Crippen LogP contribution in [0.15, 0.2) is 0 Å². The largest absolute Gasteiger partial charge is 0.390 e. The van der Waals surface area contributed by atoms with Gasteiger partial charge < -0.3 is 10.0 Å². The molecular weight excluding hydrogens is 198 g/mol. The molecule has 2 heterocycles. The van der Waals surface area contributed by atoms with E-state index >= 15 is 0 Å². The van der Waals surface area contributed by atoms with Crippen molar-refractivity contribution in [3.8, 4) is 6.07 Å². The Morgan fingerprint density at radius 1 is 1.71 bits per heavy atom. The fourth-order valence-electron chi connectivity index (χ4n) is 1.41. The van der Waals surface area contributed by atoms with E-state index in [1.54, 1.807) is 11.3 Å². The van der Waals surface area contributed by atoms with Gasteiger partial charge in [0.25, 0.3) is 0 Å². The molecule has 0 spiro atoms. The molecule has 1 aromatic rings. The van der Waals surface area contributed by atoms with Crippen molar-refractivity contribution in [2.75, 3.05) is 18.0 Å². The van der Waals surface area contributed by atoms with E-state index in [2.05, 4.69) is 16.0 Å². The summed E-state index contributed by atoms with van der Waals surface area (Å²) in [5.41, 5.74) is 0.755. The van der Waals surface area contributed by atoms with Crippen LogP contribution in [0.2, 0.25) is 0 Å². The Morgan fingerprint density at radius 2 is 2.43 bits per heavy atom. The molecule has 1 aliphatic rings. The van der Waals surface area contributed by atoms with Gasteiger partial charge >= 0.3 is 0 Å². The van der Waals surface area contributed by atoms with Gasteiger partial charge in [-0.15, -0.1) is 11.3 Å². The summed E-state index contributed by atoms with van der Waals surface area (Å²) in [4.78, 5) is 7.44. The standard InChI is InChI=1S/C9H11N3OS/c1-6-8(5-13)11-9(14-6)12-3-7(2-10)4-12/h7,13H,3-5H2,1H3. The van der Waals surface area contributed by atoms with E-state index in [1.807, 2.05) is 6.92 Å². The third-order valence-corrected chi connectivity index (χ3v) is 3.44. The molecular formula is C9H11N3OS. The first-order valence-corrected chi connectivity index (χ1v) is 5.28. The van der Waals surface area contributed by atoms with Gasteiger partial charge in [0.2, 0.25) is 0 Å². The molecule has 0 aromatic carbocycles. The number of aliphatic hydroxyl groups is 1. The lowest BCUT2D eigenvalue weighted by Gasteiger charge is -2.34. The van der Waals surface area contributed by atoms with Crippen molar-refractivity contribution in [2.24, 2.45) is 5.92 Å². The molecule has 0 amide bonds. The van der Waals surface area contributed by atoms with Gasteiger partial charge in [-0.3, -0.25) is 0 Å². The highest BCUT2D eigenvalue weighted by Crippen LogP contribution is 2.30. The number of anilines is 1. The van der Waals surface area contributed by atoms with Crippen LogP contribution in [0, 0.1) is 24.2 Å². The molecule has 0 aliphatic carbocycles. The number of thiazole rings is 1. The molecule has 2 rings (SSSR count). The topological polar surface area (TPSA) is 60.2 Å². The van der Waals surface area contributed by atoms with Crippen LogP contribution < -0.4 is 4.90 Å². The van der Waals surface area contributed by atoms with E-state index in [4.69, 9.17) is 10.4 Å². The van der Waals surface area contributed by atoms with Gasteiger partial charge in [0.15, 0.2) is 5.13 Å². The van der Waals surface area contributed by atoms with Crippen LogP contribution in [0.25, 0.3) is 0 Å². The van der Waals surface area contributed by atoms with Crippen LogP contribution in [0.1, 0.15) is 10.6 Å². The van der Waals surface area contributed by atoms with Crippen LogP contribution >= 0.6 is 11.3 Å². The van der Waals surface area contributed by atoms with Gasteiger partial charge in [-0.25, -0.2) is 4.98 Å². The summed E-state index contributed by atoms with van der Waals surface area (Å²) in [5.74, 6) is 0.150. The Hall–Kier alpha value is -1.12. The van der Waals surface area contributed by atoms with Crippen molar-refractivity contribution in [2.45, 2.75) is 13.5 Å².